The summed E-state index contributed by atoms with van der Waals surface area (Å²) < 4.78 is 10.2. The van der Waals surface area contributed by atoms with Gasteiger partial charge in [-0.2, -0.15) is 0 Å². The topological polar surface area (TPSA) is 52.6 Å². The molecule has 0 aromatic carbocycles. The summed E-state index contributed by atoms with van der Waals surface area (Å²) in [6.45, 7) is 3.90. The zero-order valence-corrected chi connectivity index (χ0v) is 10.7. The van der Waals surface area contributed by atoms with Crippen LogP contribution in [0.1, 0.15) is 52.4 Å². The number of esters is 2. The molecule has 4 heteroatoms. The van der Waals surface area contributed by atoms with Crippen molar-refractivity contribution < 1.29 is 19.1 Å². The summed E-state index contributed by atoms with van der Waals surface area (Å²) in [4.78, 5) is 22.6. The number of unbranched alkanes of at least 4 members (excludes halogenated alkanes) is 3. The van der Waals surface area contributed by atoms with Crippen LogP contribution in [0.2, 0.25) is 0 Å². The van der Waals surface area contributed by atoms with Crippen molar-refractivity contribution in [3.63, 3.8) is 0 Å². The molecule has 0 bridgehead atoms. The average molecular weight is 242 g/mol. The molecule has 2 atom stereocenters. The maximum absolute atomic E-state index is 11.6. The molecule has 1 rings (SSSR count). The number of carbonyl (C=O) groups is 2. The van der Waals surface area contributed by atoms with Gasteiger partial charge in [0.1, 0.15) is 6.10 Å². The van der Waals surface area contributed by atoms with E-state index in [1.54, 1.807) is 0 Å². The fourth-order valence-corrected chi connectivity index (χ4v) is 2.18. The second-order valence-corrected chi connectivity index (χ2v) is 4.56. The summed E-state index contributed by atoms with van der Waals surface area (Å²) in [7, 11) is 0. The SMILES string of the molecule is CCCCCC[C@@H]1C(=O)OCC[C@@H]1OC(C)=O. The third-order valence-electron chi connectivity index (χ3n) is 3.08. The first-order valence-electron chi connectivity index (χ1n) is 6.49. The van der Waals surface area contributed by atoms with Crippen LogP contribution in [0.5, 0.6) is 0 Å². The molecule has 0 aromatic rings. The molecule has 0 aliphatic carbocycles. The van der Waals surface area contributed by atoms with Crippen LogP contribution in [0.15, 0.2) is 0 Å². The molecular formula is C13H22O4. The monoisotopic (exact) mass is 242 g/mol. The molecule has 0 saturated carbocycles. The lowest BCUT2D eigenvalue weighted by atomic mass is 9.91. The van der Waals surface area contributed by atoms with Gasteiger partial charge < -0.3 is 9.47 Å². The molecule has 17 heavy (non-hydrogen) atoms. The number of hydrogen-bond acceptors (Lipinski definition) is 4. The third-order valence-corrected chi connectivity index (χ3v) is 3.08. The van der Waals surface area contributed by atoms with Crippen LogP contribution >= 0.6 is 0 Å². The minimum absolute atomic E-state index is 0.209. The Bertz CT molecular complexity index is 262. The van der Waals surface area contributed by atoms with Crippen LogP contribution in [0, 0.1) is 5.92 Å². The van der Waals surface area contributed by atoms with Gasteiger partial charge in [0, 0.05) is 13.3 Å². The van der Waals surface area contributed by atoms with Gasteiger partial charge in [-0.05, 0) is 6.42 Å². The van der Waals surface area contributed by atoms with Gasteiger partial charge in [0.25, 0.3) is 0 Å². The zero-order chi connectivity index (χ0) is 12.7. The van der Waals surface area contributed by atoms with Gasteiger partial charge in [0.2, 0.25) is 0 Å². The normalized spacial score (nSPS) is 24.2. The molecule has 1 heterocycles. The molecule has 1 fully saturated rings. The van der Waals surface area contributed by atoms with Crippen molar-refractivity contribution in [3.05, 3.63) is 0 Å². The van der Waals surface area contributed by atoms with Crippen molar-refractivity contribution in [2.24, 2.45) is 5.92 Å². The van der Waals surface area contributed by atoms with E-state index in [-0.39, 0.29) is 24.0 Å². The Morgan fingerprint density at radius 1 is 1.41 bits per heavy atom. The highest BCUT2D eigenvalue weighted by Crippen LogP contribution is 2.25. The van der Waals surface area contributed by atoms with Crippen molar-refractivity contribution in [1.29, 1.82) is 0 Å². The molecule has 0 radical (unpaired) electrons. The fourth-order valence-electron chi connectivity index (χ4n) is 2.18. The summed E-state index contributed by atoms with van der Waals surface area (Å²) in [5.41, 5.74) is 0. The lowest BCUT2D eigenvalue weighted by Gasteiger charge is -2.29. The number of rotatable bonds is 6. The molecular weight excluding hydrogens is 220 g/mol. The minimum Gasteiger partial charge on any atom is -0.465 e. The van der Waals surface area contributed by atoms with E-state index in [4.69, 9.17) is 9.47 Å². The van der Waals surface area contributed by atoms with Crippen LogP contribution < -0.4 is 0 Å². The standard InChI is InChI=1S/C13H22O4/c1-3-4-5-6-7-11-12(17-10(2)14)8-9-16-13(11)15/h11-12H,3-9H2,1-2H3/t11-,12-/m0/s1. The first kappa shape index (κ1) is 14.0. The highest BCUT2D eigenvalue weighted by atomic mass is 16.6. The summed E-state index contributed by atoms with van der Waals surface area (Å²) in [6.07, 6.45) is 5.57. The first-order chi connectivity index (χ1) is 8.15. The lowest BCUT2D eigenvalue weighted by Crippen LogP contribution is -2.39. The smallest absolute Gasteiger partial charge is 0.312 e. The first-order valence-corrected chi connectivity index (χ1v) is 6.49. The molecule has 0 unspecified atom stereocenters. The Balaban J connectivity index is 2.43. The van der Waals surface area contributed by atoms with Crippen molar-refractivity contribution in [2.45, 2.75) is 58.5 Å². The number of ether oxygens (including phenoxy) is 2. The zero-order valence-electron chi connectivity index (χ0n) is 10.7. The molecule has 1 aliphatic heterocycles. The molecule has 0 N–H and O–H groups in total. The average Bonchev–Trinajstić information content (AvgIpc) is 2.26. The Morgan fingerprint density at radius 2 is 2.18 bits per heavy atom. The summed E-state index contributed by atoms with van der Waals surface area (Å²) >= 11 is 0. The highest BCUT2D eigenvalue weighted by molar-refractivity contribution is 5.75. The molecule has 98 valence electrons. The van der Waals surface area contributed by atoms with E-state index < -0.39 is 0 Å². The van der Waals surface area contributed by atoms with Crippen LogP contribution in [0.4, 0.5) is 0 Å². The van der Waals surface area contributed by atoms with Crippen molar-refractivity contribution >= 4 is 11.9 Å². The van der Waals surface area contributed by atoms with Crippen molar-refractivity contribution in [1.82, 2.24) is 0 Å². The summed E-state index contributed by atoms with van der Waals surface area (Å²) in [5, 5.41) is 0. The Kier molecular flexibility index (Phi) is 6.01. The Labute approximate surface area is 103 Å². The molecule has 1 aliphatic rings. The van der Waals surface area contributed by atoms with Gasteiger partial charge in [-0.25, -0.2) is 0 Å². The van der Waals surface area contributed by atoms with E-state index in [2.05, 4.69) is 6.92 Å². The largest absolute Gasteiger partial charge is 0.465 e. The van der Waals surface area contributed by atoms with Crippen LogP contribution in [-0.4, -0.2) is 24.6 Å². The Morgan fingerprint density at radius 3 is 2.82 bits per heavy atom. The Hall–Kier alpha value is -1.06. The predicted molar refractivity (Wildman–Crippen MR) is 63.4 cm³/mol. The van der Waals surface area contributed by atoms with E-state index >= 15 is 0 Å². The fraction of sp³-hybridized carbons (Fsp3) is 0.846. The minimum atomic E-state index is -0.316. The van der Waals surface area contributed by atoms with Gasteiger partial charge in [0.05, 0.1) is 12.5 Å². The van der Waals surface area contributed by atoms with Crippen LogP contribution in [0.3, 0.4) is 0 Å². The van der Waals surface area contributed by atoms with Crippen LogP contribution in [-0.2, 0) is 19.1 Å². The van der Waals surface area contributed by atoms with Gasteiger partial charge in [-0.3, -0.25) is 9.59 Å². The molecule has 1 saturated heterocycles. The second kappa shape index (κ2) is 7.30. The van der Waals surface area contributed by atoms with Gasteiger partial charge in [0.15, 0.2) is 0 Å². The number of hydrogen-bond donors (Lipinski definition) is 0. The van der Waals surface area contributed by atoms with E-state index in [9.17, 15) is 9.59 Å². The summed E-state index contributed by atoms with van der Waals surface area (Å²) in [5.74, 6) is -0.785. The van der Waals surface area contributed by atoms with Gasteiger partial charge in [-0.1, -0.05) is 32.6 Å². The quantitative estimate of drug-likeness (QED) is 0.530. The molecule has 0 spiro atoms. The van der Waals surface area contributed by atoms with Gasteiger partial charge >= 0.3 is 11.9 Å². The summed E-state index contributed by atoms with van der Waals surface area (Å²) in [6, 6.07) is 0. The van der Waals surface area contributed by atoms with Crippen molar-refractivity contribution in [2.75, 3.05) is 6.61 Å². The maximum atomic E-state index is 11.6. The van der Waals surface area contributed by atoms with E-state index in [1.807, 2.05) is 0 Å². The number of carbonyl (C=O) groups excluding carboxylic acids is 2. The van der Waals surface area contributed by atoms with E-state index in [0.29, 0.717) is 13.0 Å². The van der Waals surface area contributed by atoms with E-state index in [1.165, 1.54) is 19.8 Å². The molecule has 0 aromatic heterocycles. The predicted octanol–water partition coefficient (Wildman–Crippen LogP) is 2.45. The third kappa shape index (κ3) is 4.75. The van der Waals surface area contributed by atoms with Gasteiger partial charge in [-0.15, -0.1) is 0 Å². The molecule has 4 nitrogen and oxygen atoms in total. The van der Waals surface area contributed by atoms with Crippen LogP contribution in [0.25, 0.3) is 0 Å². The van der Waals surface area contributed by atoms with E-state index in [0.717, 1.165) is 19.3 Å². The maximum Gasteiger partial charge on any atom is 0.312 e. The van der Waals surface area contributed by atoms with Crippen molar-refractivity contribution in [3.8, 4) is 0 Å². The lowest BCUT2D eigenvalue weighted by molar-refractivity contribution is -0.170. The second-order valence-electron chi connectivity index (χ2n) is 4.56. The molecule has 0 amide bonds. The number of cyclic esters (lactones) is 1. The highest BCUT2D eigenvalue weighted by Gasteiger charge is 2.35.